The molecule has 0 radical (unpaired) electrons. The molecule has 1 N–H and O–H groups in total. The molecule has 0 spiro atoms. The Labute approximate surface area is 124 Å². The van der Waals surface area contributed by atoms with E-state index in [0.29, 0.717) is 13.1 Å². The van der Waals surface area contributed by atoms with Crippen LogP contribution in [0, 0.1) is 0 Å². The van der Waals surface area contributed by atoms with E-state index >= 15 is 0 Å². The van der Waals surface area contributed by atoms with Gasteiger partial charge in [0, 0.05) is 27.2 Å². The maximum atomic E-state index is 11.6. The highest BCUT2D eigenvalue weighted by Gasteiger charge is 2.12. The minimum absolute atomic E-state index is 0.0623. The van der Waals surface area contributed by atoms with Crippen molar-refractivity contribution in [3.63, 3.8) is 0 Å². The first kappa shape index (κ1) is 15.6. The van der Waals surface area contributed by atoms with Gasteiger partial charge in [0.1, 0.15) is 0 Å². The molecule has 1 aromatic heterocycles. The van der Waals surface area contributed by atoms with Crippen LogP contribution in [0.5, 0.6) is 0 Å². The second-order valence-electron chi connectivity index (χ2n) is 4.74. The Kier molecular flexibility index (Phi) is 5.05. The average Bonchev–Trinajstić information content (AvgIpc) is 2.93. The highest BCUT2D eigenvalue weighted by atomic mass is 32.2. The van der Waals surface area contributed by atoms with Gasteiger partial charge in [-0.25, -0.2) is 12.7 Å². The van der Waals surface area contributed by atoms with Crippen molar-refractivity contribution in [2.75, 3.05) is 26.4 Å². The summed E-state index contributed by atoms with van der Waals surface area (Å²) in [5, 5.41) is 11.6. The van der Waals surface area contributed by atoms with Crippen LogP contribution in [0.4, 0.5) is 0 Å². The lowest BCUT2D eigenvalue weighted by Gasteiger charge is -2.10. The van der Waals surface area contributed by atoms with Crippen molar-refractivity contribution in [3.8, 4) is 5.69 Å². The van der Waals surface area contributed by atoms with Crippen LogP contribution in [0.1, 0.15) is 5.69 Å². The Balaban J connectivity index is 1.84. The fourth-order valence-corrected chi connectivity index (χ4v) is 2.43. The molecule has 1 aromatic carbocycles. The second-order valence-corrected chi connectivity index (χ2v) is 7.04. The average molecular weight is 309 g/mol. The van der Waals surface area contributed by atoms with Crippen molar-refractivity contribution >= 4 is 10.0 Å². The van der Waals surface area contributed by atoms with E-state index in [9.17, 15) is 8.42 Å². The summed E-state index contributed by atoms with van der Waals surface area (Å²) in [7, 11) is -0.104. The van der Waals surface area contributed by atoms with Crippen molar-refractivity contribution in [1.29, 1.82) is 0 Å². The van der Waals surface area contributed by atoms with Crippen molar-refractivity contribution in [3.05, 3.63) is 42.2 Å². The number of para-hydroxylation sites is 1. The van der Waals surface area contributed by atoms with E-state index in [0.717, 1.165) is 11.4 Å². The van der Waals surface area contributed by atoms with Gasteiger partial charge >= 0.3 is 0 Å². The third-order valence-electron chi connectivity index (χ3n) is 2.93. The van der Waals surface area contributed by atoms with E-state index in [1.54, 1.807) is 11.0 Å². The molecule has 0 aliphatic carbocycles. The summed E-state index contributed by atoms with van der Waals surface area (Å²) in [6, 6.07) is 9.60. The largest absolute Gasteiger partial charge is 0.310 e. The highest BCUT2D eigenvalue weighted by Crippen LogP contribution is 2.04. The fraction of sp³-hybridized carbons (Fsp3) is 0.385. The van der Waals surface area contributed by atoms with Crippen LogP contribution in [0.15, 0.2) is 36.5 Å². The van der Waals surface area contributed by atoms with Crippen LogP contribution >= 0.6 is 0 Å². The molecular weight excluding hydrogens is 290 g/mol. The maximum absolute atomic E-state index is 11.6. The fourth-order valence-electron chi connectivity index (χ4n) is 1.66. The Morgan fingerprint density at radius 3 is 2.62 bits per heavy atom. The lowest BCUT2D eigenvalue weighted by molar-refractivity contribution is 0.517. The van der Waals surface area contributed by atoms with Crippen molar-refractivity contribution in [1.82, 2.24) is 24.6 Å². The van der Waals surface area contributed by atoms with Crippen molar-refractivity contribution in [2.45, 2.75) is 6.54 Å². The molecule has 114 valence electrons. The standard InChI is InChI=1S/C13H19N5O2S/c1-17(2)21(19,20)9-8-14-10-12-11-15-18(16-12)13-6-4-3-5-7-13/h3-7,11,14H,8-10H2,1-2H3. The monoisotopic (exact) mass is 309 g/mol. The Morgan fingerprint density at radius 2 is 1.95 bits per heavy atom. The quantitative estimate of drug-likeness (QED) is 0.742. The molecule has 2 rings (SSSR count). The SMILES string of the molecule is CN(C)S(=O)(=O)CCNCc1cnn(-c2ccccc2)n1. The van der Waals surface area contributed by atoms with Crippen LogP contribution in [0.25, 0.3) is 5.69 Å². The number of rotatable bonds is 7. The summed E-state index contributed by atoms with van der Waals surface area (Å²) < 4.78 is 24.4. The predicted molar refractivity (Wildman–Crippen MR) is 80.5 cm³/mol. The Hall–Kier alpha value is -1.77. The lowest BCUT2D eigenvalue weighted by Crippen LogP contribution is -2.31. The Morgan fingerprint density at radius 1 is 1.24 bits per heavy atom. The number of nitrogens with one attached hydrogen (secondary N) is 1. The molecule has 0 atom stereocenters. The van der Waals surface area contributed by atoms with Crippen molar-refractivity contribution in [2.24, 2.45) is 0 Å². The zero-order chi connectivity index (χ0) is 15.3. The summed E-state index contributed by atoms with van der Waals surface area (Å²) >= 11 is 0. The number of aromatic nitrogens is 3. The van der Waals surface area contributed by atoms with E-state index in [-0.39, 0.29) is 5.75 Å². The molecule has 7 nitrogen and oxygen atoms in total. The topological polar surface area (TPSA) is 80.1 Å². The predicted octanol–water partition coefficient (Wildman–Crippen LogP) is 0.248. The van der Waals surface area contributed by atoms with Crippen molar-refractivity contribution < 1.29 is 8.42 Å². The smallest absolute Gasteiger partial charge is 0.214 e. The van der Waals surface area contributed by atoms with Gasteiger partial charge in [0.2, 0.25) is 10.0 Å². The number of nitrogens with zero attached hydrogens (tertiary/aromatic N) is 4. The van der Waals surface area contributed by atoms with Gasteiger partial charge in [-0.3, -0.25) is 0 Å². The summed E-state index contributed by atoms with van der Waals surface area (Å²) in [4.78, 5) is 1.55. The molecule has 0 saturated carbocycles. The van der Waals surface area contributed by atoms with Gasteiger partial charge in [0.15, 0.2) is 0 Å². The molecule has 2 aromatic rings. The van der Waals surface area contributed by atoms with Crippen LogP contribution in [-0.4, -0.2) is 54.1 Å². The normalized spacial score (nSPS) is 12.0. The molecule has 0 aliphatic rings. The van der Waals surface area contributed by atoms with E-state index < -0.39 is 10.0 Å². The van der Waals surface area contributed by atoms with E-state index in [2.05, 4.69) is 15.5 Å². The van der Waals surface area contributed by atoms with Gasteiger partial charge in [0.05, 0.1) is 23.3 Å². The lowest BCUT2D eigenvalue weighted by atomic mass is 10.3. The van der Waals surface area contributed by atoms with Gasteiger partial charge in [-0.1, -0.05) is 18.2 Å². The number of hydrogen-bond donors (Lipinski definition) is 1. The third-order valence-corrected chi connectivity index (χ3v) is 4.76. The number of hydrogen-bond acceptors (Lipinski definition) is 5. The minimum Gasteiger partial charge on any atom is -0.310 e. The van der Waals surface area contributed by atoms with Crippen LogP contribution in [0.3, 0.4) is 0 Å². The molecule has 0 unspecified atom stereocenters. The van der Waals surface area contributed by atoms with E-state index in [1.165, 1.54) is 18.4 Å². The number of sulfonamides is 1. The molecular formula is C13H19N5O2S. The summed E-state index contributed by atoms with van der Waals surface area (Å²) in [6.45, 7) is 0.856. The van der Waals surface area contributed by atoms with Crippen LogP contribution in [-0.2, 0) is 16.6 Å². The molecule has 21 heavy (non-hydrogen) atoms. The highest BCUT2D eigenvalue weighted by molar-refractivity contribution is 7.89. The number of benzene rings is 1. The molecule has 1 heterocycles. The van der Waals surface area contributed by atoms with E-state index in [1.807, 2.05) is 30.3 Å². The molecule has 0 amide bonds. The first-order valence-corrected chi connectivity index (χ1v) is 8.17. The second kappa shape index (κ2) is 6.79. The first-order valence-electron chi connectivity index (χ1n) is 6.56. The van der Waals surface area contributed by atoms with Gasteiger partial charge < -0.3 is 5.32 Å². The van der Waals surface area contributed by atoms with Gasteiger partial charge in [-0.15, -0.1) is 0 Å². The molecule has 0 bridgehead atoms. The summed E-state index contributed by atoms with van der Waals surface area (Å²) in [5.74, 6) is 0.0623. The zero-order valence-electron chi connectivity index (χ0n) is 12.1. The minimum atomic E-state index is -3.16. The molecule has 0 aliphatic heterocycles. The molecule has 0 saturated heterocycles. The molecule has 8 heteroatoms. The van der Waals surface area contributed by atoms with Crippen LogP contribution < -0.4 is 5.32 Å². The zero-order valence-corrected chi connectivity index (χ0v) is 12.9. The third kappa shape index (κ3) is 4.35. The Bertz CT molecular complexity index is 667. The van der Waals surface area contributed by atoms with Crippen LogP contribution in [0.2, 0.25) is 0 Å². The van der Waals surface area contributed by atoms with E-state index in [4.69, 9.17) is 0 Å². The van der Waals surface area contributed by atoms with Gasteiger partial charge in [-0.05, 0) is 12.1 Å². The summed E-state index contributed by atoms with van der Waals surface area (Å²) in [5.41, 5.74) is 1.65. The molecule has 0 fully saturated rings. The van der Waals surface area contributed by atoms with Gasteiger partial charge in [-0.2, -0.15) is 15.0 Å². The van der Waals surface area contributed by atoms with Gasteiger partial charge in [0.25, 0.3) is 0 Å². The maximum Gasteiger partial charge on any atom is 0.214 e. The summed E-state index contributed by atoms with van der Waals surface area (Å²) in [6.07, 6.45) is 1.67. The first-order chi connectivity index (χ1) is 9.99.